The molecule has 1 saturated carbocycles. The highest BCUT2D eigenvalue weighted by molar-refractivity contribution is 5.95. The molecule has 0 radical (unpaired) electrons. The van der Waals surface area contributed by atoms with Crippen molar-refractivity contribution in [2.75, 3.05) is 26.7 Å². The summed E-state index contributed by atoms with van der Waals surface area (Å²) >= 11 is 0. The van der Waals surface area contributed by atoms with Crippen molar-refractivity contribution >= 4 is 17.9 Å². The first kappa shape index (κ1) is 19.7. The van der Waals surface area contributed by atoms with E-state index in [1.165, 1.54) is 13.5 Å². The van der Waals surface area contributed by atoms with Gasteiger partial charge in [0, 0.05) is 19.1 Å². The van der Waals surface area contributed by atoms with Crippen LogP contribution in [-0.4, -0.2) is 66.3 Å². The second kappa shape index (κ2) is 8.62. The number of ether oxygens (including phenoxy) is 1. The lowest BCUT2D eigenvalue weighted by Crippen LogP contribution is -2.53. The Kier molecular flexibility index (Phi) is 6.78. The molecule has 3 amide bonds. The third kappa shape index (κ3) is 5.40. The van der Waals surface area contributed by atoms with Crippen LogP contribution in [0.2, 0.25) is 0 Å². The zero-order valence-electron chi connectivity index (χ0n) is 15.0. The summed E-state index contributed by atoms with van der Waals surface area (Å²) in [5, 5.41) is 15.4. The second-order valence-electron chi connectivity index (χ2n) is 7.19. The summed E-state index contributed by atoms with van der Waals surface area (Å²) < 4.78 is 4.60. The normalized spacial score (nSPS) is 26.5. The minimum absolute atomic E-state index is 0.0604. The molecule has 2 atom stereocenters. The van der Waals surface area contributed by atoms with Gasteiger partial charge in [0.05, 0.1) is 13.7 Å². The molecule has 2 fully saturated rings. The number of nitrogens with zero attached hydrogens (tertiary/aromatic N) is 1. The quantitative estimate of drug-likeness (QED) is 0.630. The van der Waals surface area contributed by atoms with Gasteiger partial charge in [-0.1, -0.05) is 19.8 Å². The first-order chi connectivity index (χ1) is 11.8. The summed E-state index contributed by atoms with van der Waals surface area (Å²) in [6.45, 7) is 2.95. The number of amides is 3. The average Bonchev–Trinajstić information content (AvgIpc) is 2.58. The van der Waals surface area contributed by atoms with Crippen LogP contribution in [0.3, 0.4) is 0 Å². The summed E-state index contributed by atoms with van der Waals surface area (Å²) in [4.78, 5) is 37.4. The van der Waals surface area contributed by atoms with Gasteiger partial charge in [-0.3, -0.25) is 15.0 Å². The molecule has 0 aromatic rings. The lowest BCUT2D eigenvalue weighted by molar-refractivity contribution is -0.167. The molecule has 0 spiro atoms. The molecule has 142 valence electrons. The van der Waals surface area contributed by atoms with Gasteiger partial charge < -0.3 is 15.2 Å². The highest BCUT2D eigenvalue weighted by Crippen LogP contribution is 2.24. The Hall–Kier alpha value is -1.67. The van der Waals surface area contributed by atoms with Gasteiger partial charge in [0.1, 0.15) is 0 Å². The molecule has 0 unspecified atom stereocenters. The Balaban J connectivity index is 1.72. The highest BCUT2D eigenvalue weighted by Gasteiger charge is 2.40. The van der Waals surface area contributed by atoms with Crippen LogP contribution in [0, 0.1) is 5.92 Å². The number of esters is 1. The molecule has 0 bridgehead atoms. The fraction of sp³-hybridized carbons (Fsp3) is 0.824. The molecule has 1 heterocycles. The van der Waals surface area contributed by atoms with E-state index in [-0.39, 0.29) is 31.3 Å². The van der Waals surface area contributed by atoms with Crippen molar-refractivity contribution in [1.82, 2.24) is 15.5 Å². The molecular formula is C17H29N3O5. The van der Waals surface area contributed by atoms with Crippen molar-refractivity contribution in [1.29, 1.82) is 0 Å². The number of urea groups is 1. The summed E-state index contributed by atoms with van der Waals surface area (Å²) in [5.74, 6) is -0.602. The predicted molar refractivity (Wildman–Crippen MR) is 90.7 cm³/mol. The number of nitrogens with one attached hydrogen (secondary N) is 2. The van der Waals surface area contributed by atoms with Crippen molar-refractivity contribution in [2.45, 2.75) is 57.1 Å². The molecule has 1 aliphatic carbocycles. The number of carbonyl (C=O) groups is 3. The average molecular weight is 355 g/mol. The summed E-state index contributed by atoms with van der Waals surface area (Å²) in [5.41, 5.74) is -1.48. The highest BCUT2D eigenvalue weighted by atomic mass is 16.5. The maximum atomic E-state index is 12.0. The fourth-order valence-electron chi connectivity index (χ4n) is 3.58. The van der Waals surface area contributed by atoms with E-state index in [0.717, 1.165) is 19.3 Å². The van der Waals surface area contributed by atoms with Crippen molar-refractivity contribution in [3.63, 3.8) is 0 Å². The number of imide groups is 1. The van der Waals surface area contributed by atoms with E-state index in [2.05, 4.69) is 22.3 Å². The molecule has 2 rings (SSSR count). The van der Waals surface area contributed by atoms with E-state index in [1.807, 2.05) is 4.90 Å². The van der Waals surface area contributed by atoms with Crippen LogP contribution in [0.25, 0.3) is 0 Å². The van der Waals surface area contributed by atoms with E-state index in [4.69, 9.17) is 0 Å². The Morgan fingerprint density at radius 1 is 1.20 bits per heavy atom. The van der Waals surface area contributed by atoms with Gasteiger partial charge in [-0.05, 0) is 31.6 Å². The number of carbonyl (C=O) groups excluding carboxylic acids is 3. The molecule has 0 aromatic carbocycles. The van der Waals surface area contributed by atoms with Gasteiger partial charge in [0.25, 0.3) is 0 Å². The summed E-state index contributed by atoms with van der Waals surface area (Å²) in [6, 6.07) is -0.335. The number of likely N-dealkylation sites (tertiary alicyclic amines) is 1. The summed E-state index contributed by atoms with van der Waals surface area (Å²) in [7, 11) is 1.24. The van der Waals surface area contributed by atoms with Crippen LogP contribution in [0.15, 0.2) is 0 Å². The maximum Gasteiger partial charge on any atom is 0.337 e. The molecule has 1 aliphatic heterocycles. The summed E-state index contributed by atoms with van der Waals surface area (Å²) in [6.07, 6.45) is 4.74. The van der Waals surface area contributed by atoms with E-state index in [0.29, 0.717) is 19.0 Å². The first-order valence-electron chi connectivity index (χ1n) is 8.97. The van der Waals surface area contributed by atoms with E-state index in [9.17, 15) is 19.5 Å². The van der Waals surface area contributed by atoms with Gasteiger partial charge >= 0.3 is 12.0 Å². The third-order valence-corrected chi connectivity index (χ3v) is 5.30. The second-order valence-corrected chi connectivity index (χ2v) is 7.19. The van der Waals surface area contributed by atoms with Gasteiger partial charge in [-0.15, -0.1) is 0 Å². The van der Waals surface area contributed by atoms with Crippen molar-refractivity contribution in [3.8, 4) is 0 Å². The predicted octanol–water partition coefficient (Wildman–Crippen LogP) is 0.391. The SMILES string of the molecule is COC(=O)C1(O)CCN(CC(=O)NC(=O)N[C@@H]2CCCC[C@H]2C)CC1. The lowest BCUT2D eigenvalue weighted by Gasteiger charge is -2.35. The smallest absolute Gasteiger partial charge is 0.337 e. The maximum absolute atomic E-state index is 12.0. The Bertz CT molecular complexity index is 503. The van der Waals surface area contributed by atoms with Crippen molar-refractivity contribution < 1.29 is 24.2 Å². The zero-order valence-corrected chi connectivity index (χ0v) is 15.0. The number of piperidine rings is 1. The van der Waals surface area contributed by atoms with Crippen molar-refractivity contribution in [3.05, 3.63) is 0 Å². The standard InChI is InChI=1S/C17H29N3O5/c1-12-5-3-4-6-13(12)18-16(23)19-14(21)11-20-9-7-17(24,8-10-20)15(22)25-2/h12-13,24H,3-11H2,1-2H3,(H2,18,19,21,23)/t12-,13-/m1/s1. The van der Waals surface area contributed by atoms with Gasteiger partial charge in [-0.25, -0.2) is 9.59 Å². The van der Waals surface area contributed by atoms with Crippen LogP contribution in [-0.2, 0) is 14.3 Å². The van der Waals surface area contributed by atoms with Crippen LogP contribution in [0.1, 0.15) is 45.4 Å². The van der Waals surface area contributed by atoms with E-state index < -0.39 is 17.6 Å². The molecule has 8 nitrogen and oxygen atoms in total. The minimum Gasteiger partial charge on any atom is -0.467 e. The molecule has 0 aromatic heterocycles. The largest absolute Gasteiger partial charge is 0.467 e. The third-order valence-electron chi connectivity index (χ3n) is 5.30. The lowest BCUT2D eigenvalue weighted by atomic mass is 9.86. The molecule has 3 N–H and O–H groups in total. The molecule has 8 heteroatoms. The van der Waals surface area contributed by atoms with Gasteiger partial charge in [-0.2, -0.15) is 0 Å². The number of hydrogen-bond acceptors (Lipinski definition) is 6. The minimum atomic E-state index is -1.48. The topological polar surface area (TPSA) is 108 Å². The van der Waals surface area contributed by atoms with E-state index in [1.54, 1.807) is 0 Å². The van der Waals surface area contributed by atoms with Crippen LogP contribution in [0.4, 0.5) is 4.79 Å². The Morgan fingerprint density at radius 3 is 2.44 bits per heavy atom. The fourth-order valence-corrected chi connectivity index (χ4v) is 3.58. The Labute approximate surface area is 148 Å². The van der Waals surface area contributed by atoms with Crippen LogP contribution < -0.4 is 10.6 Å². The van der Waals surface area contributed by atoms with Crippen LogP contribution in [0.5, 0.6) is 0 Å². The van der Waals surface area contributed by atoms with Gasteiger partial charge in [0.15, 0.2) is 5.60 Å². The van der Waals surface area contributed by atoms with E-state index >= 15 is 0 Å². The Morgan fingerprint density at radius 2 is 1.84 bits per heavy atom. The number of hydrogen-bond donors (Lipinski definition) is 3. The number of methoxy groups -OCH3 is 1. The zero-order chi connectivity index (χ0) is 18.4. The molecule has 25 heavy (non-hydrogen) atoms. The number of aliphatic hydroxyl groups is 1. The monoisotopic (exact) mass is 355 g/mol. The number of rotatable bonds is 4. The van der Waals surface area contributed by atoms with Crippen LogP contribution >= 0.6 is 0 Å². The molecular weight excluding hydrogens is 326 g/mol. The molecule has 2 aliphatic rings. The van der Waals surface area contributed by atoms with Gasteiger partial charge in [0.2, 0.25) is 5.91 Å². The van der Waals surface area contributed by atoms with Crippen molar-refractivity contribution in [2.24, 2.45) is 5.92 Å². The first-order valence-corrected chi connectivity index (χ1v) is 8.97. The molecule has 1 saturated heterocycles.